The first kappa shape index (κ1) is 42.2. The van der Waals surface area contributed by atoms with Crippen LogP contribution in [-0.4, -0.2) is 50.6 Å². The molecule has 54 heavy (non-hydrogen) atoms. The van der Waals surface area contributed by atoms with Crippen LogP contribution in [0.2, 0.25) is 0 Å². The number of imide groups is 1. The van der Waals surface area contributed by atoms with Gasteiger partial charge >= 0.3 is 5.97 Å². The third-order valence-electron chi connectivity index (χ3n) is 10.1. The number of rotatable bonds is 16. The first-order valence-electron chi connectivity index (χ1n) is 19.0. The van der Waals surface area contributed by atoms with Gasteiger partial charge in [0.15, 0.2) is 5.78 Å². The molecule has 2 amide bonds. The SMILES string of the molecule is CCCCC/C=C/C=C1/C(=O)C=C[C@@H]1C/C=C\CCCC(=O)O.Cc1c(C)c2c(c(C)c1O)CCC(C)(COc1ccc(CC3SC(=O)NC3=O)cc1)O2. The normalized spacial score (nSPS) is 21.4. The van der Waals surface area contributed by atoms with E-state index in [-0.39, 0.29) is 34.5 Å². The molecular formula is C44H55NO8S. The molecule has 290 valence electrons. The number of hydrogen-bond acceptors (Lipinski definition) is 8. The molecule has 3 atom stereocenters. The molecule has 2 unspecified atom stereocenters. The highest BCUT2D eigenvalue weighted by Gasteiger charge is 2.36. The van der Waals surface area contributed by atoms with E-state index >= 15 is 0 Å². The van der Waals surface area contributed by atoms with Gasteiger partial charge in [0, 0.05) is 23.5 Å². The number of carboxylic acids is 1. The maximum Gasteiger partial charge on any atom is 0.303 e. The van der Waals surface area contributed by atoms with Crippen molar-refractivity contribution < 1.29 is 38.9 Å². The van der Waals surface area contributed by atoms with Crippen LogP contribution in [0.3, 0.4) is 0 Å². The van der Waals surface area contributed by atoms with Crippen LogP contribution in [0.5, 0.6) is 17.2 Å². The van der Waals surface area contributed by atoms with E-state index in [2.05, 4.69) is 18.3 Å². The van der Waals surface area contributed by atoms with Crippen LogP contribution in [-0.2, 0) is 27.2 Å². The minimum absolute atomic E-state index is 0.104. The summed E-state index contributed by atoms with van der Waals surface area (Å²) in [5, 5.41) is 20.6. The highest BCUT2D eigenvalue weighted by molar-refractivity contribution is 8.15. The molecule has 1 aliphatic carbocycles. The Morgan fingerprint density at radius 1 is 1.02 bits per heavy atom. The summed E-state index contributed by atoms with van der Waals surface area (Å²) in [5.41, 5.74) is 5.17. The van der Waals surface area contributed by atoms with E-state index in [0.717, 1.165) is 88.8 Å². The highest BCUT2D eigenvalue weighted by atomic mass is 32.2. The van der Waals surface area contributed by atoms with Crippen molar-refractivity contribution in [3.05, 3.63) is 100 Å². The van der Waals surface area contributed by atoms with E-state index in [1.165, 1.54) is 19.3 Å². The van der Waals surface area contributed by atoms with Crippen LogP contribution in [0, 0.1) is 26.7 Å². The number of aromatic hydroxyl groups is 1. The molecule has 2 heterocycles. The minimum Gasteiger partial charge on any atom is -0.507 e. The monoisotopic (exact) mass is 757 g/mol. The van der Waals surface area contributed by atoms with Crippen LogP contribution in [0.25, 0.3) is 0 Å². The van der Waals surface area contributed by atoms with Gasteiger partial charge in [-0.2, -0.15) is 0 Å². The van der Waals surface area contributed by atoms with E-state index in [0.29, 0.717) is 25.2 Å². The van der Waals surface area contributed by atoms with E-state index < -0.39 is 11.6 Å². The van der Waals surface area contributed by atoms with Crippen molar-refractivity contribution in [1.82, 2.24) is 5.32 Å². The number of ketones is 1. The van der Waals surface area contributed by atoms with E-state index in [9.17, 15) is 24.3 Å². The van der Waals surface area contributed by atoms with Gasteiger partial charge in [-0.25, -0.2) is 0 Å². The van der Waals surface area contributed by atoms with E-state index in [1.54, 1.807) is 6.08 Å². The molecule has 5 rings (SSSR count). The zero-order valence-corrected chi connectivity index (χ0v) is 33.1. The quantitative estimate of drug-likeness (QED) is 0.0868. The number of carbonyl (C=O) groups excluding carboxylic acids is 3. The second-order valence-corrected chi connectivity index (χ2v) is 15.6. The van der Waals surface area contributed by atoms with Gasteiger partial charge in [0.25, 0.3) is 5.24 Å². The number of hydrogen-bond donors (Lipinski definition) is 3. The van der Waals surface area contributed by atoms with Gasteiger partial charge in [-0.3, -0.25) is 24.5 Å². The second-order valence-electron chi connectivity index (χ2n) is 14.5. The number of phenols is 1. The average molecular weight is 758 g/mol. The van der Waals surface area contributed by atoms with Crippen LogP contribution in [0.1, 0.15) is 99.5 Å². The van der Waals surface area contributed by atoms with E-state index in [1.807, 2.05) is 82.3 Å². The van der Waals surface area contributed by atoms with Gasteiger partial charge in [-0.1, -0.05) is 80.1 Å². The molecule has 2 aromatic rings. The number of phenolic OH excluding ortho intramolecular Hbond substituents is 1. The molecule has 0 bridgehead atoms. The van der Waals surface area contributed by atoms with Crippen molar-refractivity contribution in [2.45, 2.75) is 116 Å². The fourth-order valence-corrected chi connectivity index (χ4v) is 7.46. The van der Waals surface area contributed by atoms with Gasteiger partial charge in [-0.05, 0) is 120 Å². The Bertz CT molecular complexity index is 1790. The number of carbonyl (C=O) groups is 4. The highest BCUT2D eigenvalue weighted by Crippen LogP contribution is 2.43. The van der Waals surface area contributed by atoms with Crippen molar-refractivity contribution in [2.24, 2.45) is 5.92 Å². The summed E-state index contributed by atoms with van der Waals surface area (Å²) in [6.45, 7) is 10.5. The standard InChI is InChI=1S/C24H27NO5S.C20H28O3/c1-13-14(2)21-18(15(3)20(13)26)9-10-24(4,30-21)12-29-17-7-5-16(6-8-17)11-19-22(27)25-23(28)31-19;1-2-3-4-5-6-10-13-18-17(15-16-19(18)21)12-9-7-8-11-14-20(22)23/h5-8,19,26H,9-12H2,1-4H3,(H,25,27,28);6-7,9-10,13,15-17H,2-5,8,11-12,14H2,1H3,(H,22,23)/b;9-7-,10-6+,18-13+/t;17-/m.0/s1. The Balaban J connectivity index is 0.000000253. The lowest BCUT2D eigenvalue weighted by molar-refractivity contribution is -0.137. The lowest BCUT2D eigenvalue weighted by Gasteiger charge is -2.37. The maximum absolute atomic E-state index is 11.9. The molecular weight excluding hydrogens is 703 g/mol. The van der Waals surface area contributed by atoms with Crippen LogP contribution in [0.15, 0.2) is 72.4 Å². The van der Waals surface area contributed by atoms with Gasteiger partial charge in [0.05, 0.1) is 5.25 Å². The number of ether oxygens (including phenoxy) is 2. The first-order valence-corrected chi connectivity index (χ1v) is 19.9. The lowest BCUT2D eigenvalue weighted by atomic mass is 9.87. The molecule has 9 nitrogen and oxygen atoms in total. The Morgan fingerprint density at radius 3 is 2.44 bits per heavy atom. The maximum atomic E-state index is 11.9. The Morgan fingerprint density at radius 2 is 1.76 bits per heavy atom. The summed E-state index contributed by atoms with van der Waals surface area (Å²) in [4.78, 5) is 45.4. The summed E-state index contributed by atoms with van der Waals surface area (Å²) in [6, 6.07) is 7.61. The zero-order valence-electron chi connectivity index (χ0n) is 32.2. The molecule has 3 aliphatic rings. The molecule has 1 saturated heterocycles. The molecule has 0 saturated carbocycles. The van der Waals surface area contributed by atoms with Gasteiger partial charge in [-0.15, -0.1) is 0 Å². The molecule has 2 aliphatic heterocycles. The molecule has 10 heteroatoms. The molecule has 0 radical (unpaired) electrons. The number of carboxylic acid groups (broad SMARTS) is 1. The van der Waals surface area contributed by atoms with Crippen LogP contribution in [0.4, 0.5) is 4.79 Å². The van der Waals surface area contributed by atoms with Crippen molar-refractivity contribution in [2.75, 3.05) is 6.61 Å². The van der Waals surface area contributed by atoms with Crippen molar-refractivity contribution >= 4 is 34.7 Å². The number of benzene rings is 2. The smallest absolute Gasteiger partial charge is 0.303 e. The number of amides is 2. The Hall–Kier alpha value is -4.57. The number of unbranched alkanes of at least 4 members (excludes halogenated alkanes) is 4. The summed E-state index contributed by atoms with van der Waals surface area (Å²) in [6.07, 6.45) is 23.0. The van der Waals surface area contributed by atoms with Crippen LogP contribution < -0.4 is 14.8 Å². The topological polar surface area (TPSA) is 139 Å². The average Bonchev–Trinajstić information content (AvgIpc) is 3.67. The first-order chi connectivity index (χ1) is 25.8. The molecule has 3 N–H and O–H groups in total. The third kappa shape index (κ3) is 12.0. The second kappa shape index (κ2) is 20.2. The Labute approximate surface area is 324 Å². The minimum atomic E-state index is -0.751. The number of aliphatic carboxylic acids is 1. The summed E-state index contributed by atoms with van der Waals surface area (Å²) in [5.74, 6) is 1.23. The molecule has 0 aromatic heterocycles. The zero-order chi connectivity index (χ0) is 39.3. The fourth-order valence-electron chi connectivity index (χ4n) is 6.61. The van der Waals surface area contributed by atoms with Crippen molar-refractivity contribution in [1.29, 1.82) is 0 Å². The number of allylic oxidation sites excluding steroid dienone is 8. The predicted octanol–water partition coefficient (Wildman–Crippen LogP) is 9.38. The fraction of sp³-hybridized carbons (Fsp3) is 0.455. The van der Waals surface area contributed by atoms with Gasteiger partial charge < -0.3 is 19.7 Å². The summed E-state index contributed by atoms with van der Waals surface area (Å²) < 4.78 is 12.4. The molecule has 2 aromatic carbocycles. The number of fused-ring (bicyclic) bond motifs is 1. The number of nitrogens with one attached hydrogen (secondary N) is 1. The van der Waals surface area contributed by atoms with Gasteiger partial charge in [0.1, 0.15) is 29.5 Å². The number of thioether (sulfide) groups is 1. The van der Waals surface area contributed by atoms with Crippen molar-refractivity contribution in [3.8, 4) is 17.2 Å². The Kier molecular flexibility index (Phi) is 15.8. The van der Waals surface area contributed by atoms with Gasteiger partial charge in [0.2, 0.25) is 5.91 Å². The third-order valence-corrected chi connectivity index (χ3v) is 11.1. The molecule has 1 fully saturated rings. The molecule has 0 spiro atoms. The predicted molar refractivity (Wildman–Crippen MR) is 214 cm³/mol. The summed E-state index contributed by atoms with van der Waals surface area (Å²) in [7, 11) is 0. The summed E-state index contributed by atoms with van der Waals surface area (Å²) >= 11 is 1.04. The van der Waals surface area contributed by atoms with Crippen molar-refractivity contribution in [3.63, 3.8) is 0 Å². The lowest BCUT2D eigenvalue weighted by Crippen LogP contribution is -2.42. The largest absolute Gasteiger partial charge is 0.507 e. The van der Waals surface area contributed by atoms with E-state index in [4.69, 9.17) is 14.6 Å². The van der Waals surface area contributed by atoms with Crippen LogP contribution >= 0.6 is 11.8 Å².